The van der Waals surface area contributed by atoms with Gasteiger partial charge in [0.15, 0.2) is 0 Å². The molecule has 1 aromatic rings. The molecule has 7 heteroatoms. The van der Waals surface area contributed by atoms with Crippen molar-refractivity contribution >= 4 is 18.3 Å². The van der Waals surface area contributed by atoms with E-state index in [0.717, 1.165) is 18.9 Å². The Balaban J connectivity index is 0.00000264. The summed E-state index contributed by atoms with van der Waals surface area (Å²) in [5.41, 5.74) is 6.35. The average Bonchev–Trinajstić information content (AvgIpc) is 2.52. The van der Waals surface area contributed by atoms with Gasteiger partial charge >= 0.3 is 0 Å². The summed E-state index contributed by atoms with van der Waals surface area (Å²) in [6.07, 6.45) is 1.55. The van der Waals surface area contributed by atoms with Gasteiger partial charge in [0.25, 0.3) is 0 Å². The number of hydrogen-bond donors (Lipinski definition) is 2. The molecule has 130 valence electrons. The molecular formula is C16H23ClF2N2O2. The lowest BCUT2D eigenvalue weighted by Gasteiger charge is -2.27. The van der Waals surface area contributed by atoms with Crippen molar-refractivity contribution in [3.8, 4) is 0 Å². The largest absolute Gasteiger partial charge is 0.381 e. The molecule has 1 aliphatic rings. The Labute approximate surface area is 141 Å². The van der Waals surface area contributed by atoms with Crippen LogP contribution in [0.3, 0.4) is 0 Å². The van der Waals surface area contributed by atoms with E-state index in [9.17, 15) is 13.6 Å². The third-order valence-electron chi connectivity index (χ3n) is 4.15. The predicted octanol–water partition coefficient (Wildman–Crippen LogP) is 2.36. The van der Waals surface area contributed by atoms with Crippen molar-refractivity contribution in [2.75, 3.05) is 19.8 Å². The van der Waals surface area contributed by atoms with Crippen LogP contribution < -0.4 is 11.1 Å². The highest BCUT2D eigenvalue weighted by Gasteiger charge is 2.26. The van der Waals surface area contributed by atoms with Gasteiger partial charge in [-0.3, -0.25) is 4.79 Å². The first-order chi connectivity index (χ1) is 10.5. The summed E-state index contributed by atoms with van der Waals surface area (Å²) in [7, 11) is 0. The van der Waals surface area contributed by atoms with E-state index in [1.54, 1.807) is 6.92 Å². The number of nitrogens with two attached hydrogens (primary N) is 1. The summed E-state index contributed by atoms with van der Waals surface area (Å²) in [5.74, 6) is -1.59. The molecule has 0 spiro atoms. The van der Waals surface area contributed by atoms with Gasteiger partial charge in [0.2, 0.25) is 5.91 Å². The third kappa shape index (κ3) is 5.41. The lowest BCUT2D eigenvalue weighted by atomic mass is 9.91. The minimum absolute atomic E-state index is 0. The van der Waals surface area contributed by atoms with Crippen LogP contribution in [-0.4, -0.2) is 31.7 Å². The topological polar surface area (TPSA) is 64.4 Å². The number of amides is 1. The van der Waals surface area contributed by atoms with E-state index < -0.39 is 17.7 Å². The molecule has 1 heterocycles. The minimum atomic E-state index is -0.612. The molecule has 4 nitrogen and oxygen atoms in total. The summed E-state index contributed by atoms with van der Waals surface area (Å²) < 4.78 is 31.8. The number of hydrogen-bond acceptors (Lipinski definition) is 3. The Morgan fingerprint density at radius 3 is 2.65 bits per heavy atom. The number of rotatable bonds is 5. The van der Waals surface area contributed by atoms with Gasteiger partial charge in [-0.05, 0) is 30.4 Å². The van der Waals surface area contributed by atoms with Crippen LogP contribution in [0.4, 0.5) is 8.78 Å². The molecule has 1 fully saturated rings. The summed E-state index contributed by atoms with van der Waals surface area (Å²) >= 11 is 0. The second kappa shape index (κ2) is 9.15. The molecule has 2 atom stereocenters. The fourth-order valence-corrected chi connectivity index (χ4v) is 2.67. The van der Waals surface area contributed by atoms with Crippen LogP contribution in [0.1, 0.15) is 31.2 Å². The van der Waals surface area contributed by atoms with Crippen LogP contribution in [0, 0.1) is 17.6 Å². The summed E-state index contributed by atoms with van der Waals surface area (Å²) in [6, 6.07) is 2.89. The Bertz CT molecular complexity index is 525. The minimum Gasteiger partial charge on any atom is -0.381 e. The fourth-order valence-electron chi connectivity index (χ4n) is 2.67. The van der Waals surface area contributed by atoms with E-state index in [1.807, 2.05) is 0 Å². The zero-order valence-corrected chi connectivity index (χ0v) is 13.9. The summed E-state index contributed by atoms with van der Waals surface area (Å²) in [4.78, 5) is 12.1. The van der Waals surface area contributed by atoms with Gasteiger partial charge < -0.3 is 15.8 Å². The number of nitrogens with one attached hydrogen (secondary N) is 1. The van der Waals surface area contributed by atoms with E-state index >= 15 is 0 Å². The quantitative estimate of drug-likeness (QED) is 0.858. The lowest BCUT2D eigenvalue weighted by Crippen LogP contribution is -2.47. The van der Waals surface area contributed by atoms with Crippen LogP contribution in [0.25, 0.3) is 0 Å². The second-order valence-electron chi connectivity index (χ2n) is 5.79. The molecule has 23 heavy (non-hydrogen) atoms. The van der Waals surface area contributed by atoms with Crippen molar-refractivity contribution in [2.24, 2.45) is 11.7 Å². The van der Waals surface area contributed by atoms with E-state index in [-0.39, 0.29) is 36.7 Å². The predicted molar refractivity (Wildman–Crippen MR) is 86.5 cm³/mol. The zero-order valence-electron chi connectivity index (χ0n) is 13.1. The van der Waals surface area contributed by atoms with Crippen molar-refractivity contribution in [3.05, 3.63) is 35.4 Å². The van der Waals surface area contributed by atoms with Crippen LogP contribution in [-0.2, 0) is 9.53 Å². The highest BCUT2D eigenvalue weighted by molar-refractivity contribution is 5.85. The summed E-state index contributed by atoms with van der Waals surface area (Å²) in [5, 5.41) is 2.75. The van der Waals surface area contributed by atoms with Crippen molar-refractivity contribution < 1.29 is 18.3 Å². The van der Waals surface area contributed by atoms with Gasteiger partial charge in [-0.15, -0.1) is 12.4 Å². The zero-order chi connectivity index (χ0) is 16.1. The standard InChI is InChI=1S/C16H22F2N2O2.ClH/c1-10(13-3-2-12(17)8-14(13)18)9-20-16(21)15(19)11-4-6-22-7-5-11;/h2-3,8,10-11,15H,4-7,9,19H2,1H3,(H,20,21);1H. The van der Waals surface area contributed by atoms with Crippen LogP contribution in [0.5, 0.6) is 0 Å². The number of benzene rings is 1. The van der Waals surface area contributed by atoms with E-state index in [1.165, 1.54) is 12.1 Å². The molecule has 1 aromatic carbocycles. The van der Waals surface area contributed by atoms with Crippen LogP contribution in [0.15, 0.2) is 18.2 Å². The Morgan fingerprint density at radius 1 is 1.39 bits per heavy atom. The highest BCUT2D eigenvalue weighted by atomic mass is 35.5. The summed E-state index contributed by atoms with van der Waals surface area (Å²) in [6.45, 7) is 3.29. The highest BCUT2D eigenvalue weighted by Crippen LogP contribution is 2.20. The van der Waals surface area contributed by atoms with Crippen LogP contribution >= 0.6 is 12.4 Å². The van der Waals surface area contributed by atoms with Crippen molar-refractivity contribution in [1.29, 1.82) is 0 Å². The monoisotopic (exact) mass is 348 g/mol. The van der Waals surface area contributed by atoms with Crippen molar-refractivity contribution in [3.63, 3.8) is 0 Å². The first-order valence-corrected chi connectivity index (χ1v) is 7.55. The second-order valence-corrected chi connectivity index (χ2v) is 5.79. The lowest BCUT2D eigenvalue weighted by molar-refractivity contribution is -0.124. The maximum Gasteiger partial charge on any atom is 0.237 e. The molecule has 0 saturated carbocycles. The SMILES string of the molecule is CC(CNC(=O)C(N)C1CCOCC1)c1ccc(F)cc1F.Cl. The number of carbonyl (C=O) groups excluding carboxylic acids is 1. The van der Waals surface area contributed by atoms with Gasteiger partial charge in [-0.25, -0.2) is 8.78 Å². The van der Waals surface area contributed by atoms with E-state index in [2.05, 4.69) is 5.32 Å². The maximum absolute atomic E-state index is 13.7. The van der Waals surface area contributed by atoms with Gasteiger partial charge in [0, 0.05) is 31.7 Å². The Hall–Kier alpha value is -1.24. The molecule has 1 aliphatic heterocycles. The molecule has 0 radical (unpaired) electrons. The maximum atomic E-state index is 13.7. The molecule has 0 bridgehead atoms. The molecule has 0 aromatic heterocycles. The van der Waals surface area contributed by atoms with Gasteiger partial charge in [0.05, 0.1) is 6.04 Å². The smallest absolute Gasteiger partial charge is 0.237 e. The van der Waals surface area contributed by atoms with Crippen LogP contribution in [0.2, 0.25) is 0 Å². The molecule has 1 amide bonds. The third-order valence-corrected chi connectivity index (χ3v) is 4.15. The first-order valence-electron chi connectivity index (χ1n) is 7.55. The molecular weight excluding hydrogens is 326 g/mol. The Morgan fingerprint density at radius 2 is 2.04 bits per heavy atom. The van der Waals surface area contributed by atoms with Gasteiger partial charge in [-0.2, -0.15) is 0 Å². The molecule has 3 N–H and O–H groups in total. The first kappa shape index (κ1) is 19.8. The average molecular weight is 349 g/mol. The normalized spacial score (nSPS) is 17.9. The fraction of sp³-hybridized carbons (Fsp3) is 0.562. The van der Waals surface area contributed by atoms with Crippen molar-refractivity contribution in [2.45, 2.75) is 31.7 Å². The number of halogens is 3. The molecule has 2 unspecified atom stereocenters. The molecule has 1 saturated heterocycles. The molecule has 2 rings (SSSR count). The van der Waals surface area contributed by atoms with Gasteiger partial charge in [-0.1, -0.05) is 13.0 Å². The van der Waals surface area contributed by atoms with Gasteiger partial charge in [0.1, 0.15) is 11.6 Å². The van der Waals surface area contributed by atoms with E-state index in [0.29, 0.717) is 18.8 Å². The molecule has 0 aliphatic carbocycles. The number of carbonyl (C=O) groups is 1. The Kier molecular flexibility index (Phi) is 7.88. The van der Waals surface area contributed by atoms with Crippen molar-refractivity contribution in [1.82, 2.24) is 5.32 Å². The van der Waals surface area contributed by atoms with E-state index in [4.69, 9.17) is 10.5 Å². The number of ether oxygens (including phenoxy) is 1.